The summed E-state index contributed by atoms with van der Waals surface area (Å²) < 4.78 is 7.43. The average molecular weight is 193 g/mol. The van der Waals surface area contributed by atoms with Crippen LogP contribution < -0.4 is 0 Å². The highest BCUT2D eigenvalue weighted by Crippen LogP contribution is 2.19. The van der Waals surface area contributed by atoms with Crippen LogP contribution in [-0.2, 0) is 17.9 Å². The molecule has 2 rings (SSSR count). The van der Waals surface area contributed by atoms with Gasteiger partial charge in [0.15, 0.2) is 5.78 Å². The van der Waals surface area contributed by atoms with Crippen molar-refractivity contribution in [1.29, 1.82) is 0 Å². The molecule has 3 heteroatoms. The fourth-order valence-electron chi connectivity index (χ4n) is 1.88. The molecule has 0 spiro atoms. The molecule has 0 amide bonds. The number of hydrogen-bond acceptors (Lipinski definition) is 2. The lowest BCUT2D eigenvalue weighted by Gasteiger charge is -2.16. The van der Waals surface area contributed by atoms with Crippen molar-refractivity contribution in [3.63, 3.8) is 0 Å². The van der Waals surface area contributed by atoms with Gasteiger partial charge in [0.25, 0.3) is 0 Å². The number of Topliss-reactive ketones (excluding diaryl/α,β-unsaturated/α-hetero) is 1. The summed E-state index contributed by atoms with van der Waals surface area (Å²) >= 11 is 0. The molecule has 3 nitrogen and oxygen atoms in total. The van der Waals surface area contributed by atoms with Gasteiger partial charge < -0.3 is 9.30 Å². The van der Waals surface area contributed by atoms with E-state index in [1.165, 1.54) is 0 Å². The first kappa shape index (κ1) is 9.46. The Labute approximate surface area is 83.7 Å². The molecule has 1 aliphatic heterocycles. The third kappa shape index (κ3) is 1.60. The van der Waals surface area contributed by atoms with Crippen molar-refractivity contribution in [2.45, 2.75) is 32.9 Å². The SMILES string of the molecule is CCOCc1ccc2n1CCCC2=O. The number of hydrogen-bond donors (Lipinski definition) is 0. The summed E-state index contributed by atoms with van der Waals surface area (Å²) in [6.45, 7) is 4.26. The van der Waals surface area contributed by atoms with E-state index in [2.05, 4.69) is 4.57 Å². The number of rotatable bonds is 3. The van der Waals surface area contributed by atoms with Crippen LogP contribution in [0.5, 0.6) is 0 Å². The van der Waals surface area contributed by atoms with Gasteiger partial charge in [-0.2, -0.15) is 0 Å². The lowest BCUT2D eigenvalue weighted by atomic mass is 10.1. The molecule has 0 saturated carbocycles. The fourth-order valence-corrected chi connectivity index (χ4v) is 1.88. The van der Waals surface area contributed by atoms with Crippen molar-refractivity contribution < 1.29 is 9.53 Å². The number of carbonyl (C=O) groups is 1. The minimum atomic E-state index is 0.263. The Balaban J connectivity index is 2.22. The van der Waals surface area contributed by atoms with E-state index in [9.17, 15) is 4.79 Å². The number of carbonyl (C=O) groups excluding carboxylic acids is 1. The Morgan fingerprint density at radius 3 is 3.14 bits per heavy atom. The molecule has 0 bridgehead atoms. The second kappa shape index (κ2) is 3.96. The summed E-state index contributed by atoms with van der Waals surface area (Å²) in [6.07, 6.45) is 1.65. The highest BCUT2D eigenvalue weighted by molar-refractivity contribution is 5.95. The molecular formula is C11H15NO2. The fraction of sp³-hybridized carbons (Fsp3) is 0.545. The van der Waals surface area contributed by atoms with Crippen molar-refractivity contribution in [3.8, 4) is 0 Å². The van der Waals surface area contributed by atoms with Gasteiger partial charge in [-0.05, 0) is 25.5 Å². The second-order valence-corrected chi connectivity index (χ2v) is 3.53. The molecule has 76 valence electrons. The third-order valence-corrected chi connectivity index (χ3v) is 2.60. The maximum atomic E-state index is 11.5. The highest BCUT2D eigenvalue weighted by atomic mass is 16.5. The zero-order valence-electron chi connectivity index (χ0n) is 8.45. The minimum absolute atomic E-state index is 0.263. The van der Waals surface area contributed by atoms with Crippen LogP contribution in [0.2, 0.25) is 0 Å². The number of ether oxygens (including phenoxy) is 1. The van der Waals surface area contributed by atoms with E-state index >= 15 is 0 Å². The lowest BCUT2D eigenvalue weighted by Crippen LogP contribution is -2.18. The van der Waals surface area contributed by atoms with Crippen LogP contribution in [0.3, 0.4) is 0 Å². The number of fused-ring (bicyclic) bond motifs is 1. The van der Waals surface area contributed by atoms with Gasteiger partial charge >= 0.3 is 0 Å². The predicted octanol–water partition coefficient (Wildman–Crippen LogP) is 2.00. The lowest BCUT2D eigenvalue weighted by molar-refractivity contribution is 0.0948. The Kier molecular flexibility index (Phi) is 2.68. The number of nitrogens with zero attached hydrogens (tertiary/aromatic N) is 1. The maximum Gasteiger partial charge on any atom is 0.179 e. The molecule has 1 aromatic rings. The van der Waals surface area contributed by atoms with E-state index in [-0.39, 0.29) is 5.78 Å². The minimum Gasteiger partial charge on any atom is -0.376 e. The number of aromatic nitrogens is 1. The molecule has 2 heterocycles. The van der Waals surface area contributed by atoms with Gasteiger partial charge in [0.05, 0.1) is 12.3 Å². The van der Waals surface area contributed by atoms with E-state index < -0.39 is 0 Å². The standard InChI is InChI=1S/C11H15NO2/c1-2-14-8-9-5-6-10-11(13)4-3-7-12(9)10/h5-6H,2-4,7-8H2,1H3. The first-order chi connectivity index (χ1) is 6.83. The molecule has 0 saturated heterocycles. The summed E-state index contributed by atoms with van der Waals surface area (Å²) in [6, 6.07) is 3.91. The van der Waals surface area contributed by atoms with Crippen LogP contribution in [0, 0.1) is 0 Å². The summed E-state index contributed by atoms with van der Waals surface area (Å²) in [5.74, 6) is 0.263. The van der Waals surface area contributed by atoms with Crippen molar-refractivity contribution in [3.05, 3.63) is 23.5 Å². The molecule has 14 heavy (non-hydrogen) atoms. The van der Waals surface area contributed by atoms with Crippen LogP contribution >= 0.6 is 0 Å². The van der Waals surface area contributed by atoms with Crippen molar-refractivity contribution in [1.82, 2.24) is 4.57 Å². The normalized spacial score (nSPS) is 15.6. The topological polar surface area (TPSA) is 31.2 Å². The molecule has 0 aromatic carbocycles. The van der Waals surface area contributed by atoms with E-state index in [0.29, 0.717) is 19.6 Å². The van der Waals surface area contributed by atoms with Crippen molar-refractivity contribution in [2.24, 2.45) is 0 Å². The molecule has 1 aliphatic rings. The number of ketones is 1. The Hall–Kier alpha value is -1.09. The quantitative estimate of drug-likeness (QED) is 0.735. The summed E-state index contributed by atoms with van der Waals surface area (Å²) in [7, 11) is 0. The molecule has 0 radical (unpaired) electrons. The summed E-state index contributed by atoms with van der Waals surface area (Å²) in [4.78, 5) is 11.5. The Morgan fingerprint density at radius 1 is 1.50 bits per heavy atom. The second-order valence-electron chi connectivity index (χ2n) is 3.53. The summed E-state index contributed by atoms with van der Waals surface area (Å²) in [5.41, 5.74) is 1.97. The highest BCUT2D eigenvalue weighted by Gasteiger charge is 2.18. The maximum absolute atomic E-state index is 11.5. The van der Waals surface area contributed by atoms with Crippen molar-refractivity contribution in [2.75, 3.05) is 6.61 Å². The largest absolute Gasteiger partial charge is 0.376 e. The first-order valence-corrected chi connectivity index (χ1v) is 5.12. The van der Waals surface area contributed by atoms with Crippen molar-refractivity contribution >= 4 is 5.78 Å². The van der Waals surface area contributed by atoms with Gasteiger partial charge in [0.2, 0.25) is 0 Å². The zero-order chi connectivity index (χ0) is 9.97. The predicted molar refractivity (Wildman–Crippen MR) is 53.3 cm³/mol. The molecular weight excluding hydrogens is 178 g/mol. The van der Waals surface area contributed by atoms with Gasteiger partial charge in [-0.1, -0.05) is 0 Å². The van der Waals surface area contributed by atoms with E-state index in [0.717, 1.165) is 24.4 Å². The zero-order valence-corrected chi connectivity index (χ0v) is 8.45. The molecule has 0 N–H and O–H groups in total. The average Bonchev–Trinajstić information content (AvgIpc) is 2.60. The molecule has 0 unspecified atom stereocenters. The van der Waals surface area contributed by atoms with Gasteiger partial charge in [0, 0.05) is 25.3 Å². The molecule has 0 atom stereocenters. The first-order valence-electron chi connectivity index (χ1n) is 5.12. The Bertz CT molecular complexity index is 341. The van der Waals surface area contributed by atoms with Crippen LogP contribution in [0.4, 0.5) is 0 Å². The van der Waals surface area contributed by atoms with Gasteiger partial charge in [-0.3, -0.25) is 4.79 Å². The van der Waals surface area contributed by atoms with E-state index in [1.807, 2.05) is 19.1 Å². The van der Waals surface area contributed by atoms with Crippen LogP contribution in [-0.4, -0.2) is 17.0 Å². The molecule has 1 aromatic heterocycles. The smallest absolute Gasteiger partial charge is 0.179 e. The third-order valence-electron chi connectivity index (χ3n) is 2.60. The van der Waals surface area contributed by atoms with E-state index in [4.69, 9.17) is 4.74 Å². The van der Waals surface area contributed by atoms with Crippen LogP contribution in [0.25, 0.3) is 0 Å². The molecule has 0 aliphatic carbocycles. The van der Waals surface area contributed by atoms with Crippen LogP contribution in [0.1, 0.15) is 35.9 Å². The summed E-state index contributed by atoms with van der Waals surface area (Å²) in [5, 5.41) is 0. The monoisotopic (exact) mass is 193 g/mol. The van der Waals surface area contributed by atoms with Gasteiger partial charge in [-0.25, -0.2) is 0 Å². The van der Waals surface area contributed by atoms with Gasteiger partial charge in [0.1, 0.15) is 0 Å². The van der Waals surface area contributed by atoms with E-state index in [1.54, 1.807) is 0 Å². The van der Waals surface area contributed by atoms with Gasteiger partial charge in [-0.15, -0.1) is 0 Å². The molecule has 0 fully saturated rings. The van der Waals surface area contributed by atoms with Crippen LogP contribution in [0.15, 0.2) is 12.1 Å². The Morgan fingerprint density at radius 2 is 2.36 bits per heavy atom.